The third-order valence-electron chi connectivity index (χ3n) is 4.09. The van der Waals surface area contributed by atoms with Crippen molar-refractivity contribution in [3.05, 3.63) is 20.3 Å². The molecule has 17 heavy (non-hydrogen) atoms. The average molecular weight is 336 g/mol. The minimum atomic E-state index is 0.181. The van der Waals surface area contributed by atoms with Gasteiger partial charge in [-0.3, -0.25) is 0 Å². The van der Waals surface area contributed by atoms with Crippen LogP contribution in [0.5, 0.6) is 0 Å². The largest absolute Gasteiger partial charge is 0.131 e. The predicted octanol–water partition coefficient (Wildman–Crippen LogP) is 6.32. The van der Waals surface area contributed by atoms with Gasteiger partial charge in [0.15, 0.2) is 0 Å². The topological polar surface area (TPSA) is 0 Å². The fourth-order valence-electron chi connectivity index (χ4n) is 2.88. The number of alkyl halides is 1. The first kappa shape index (κ1) is 13.9. The van der Waals surface area contributed by atoms with Crippen LogP contribution in [0.1, 0.15) is 55.3 Å². The number of thiophene rings is 1. The molecule has 0 aromatic carbocycles. The molecule has 0 N–H and O–H groups in total. The van der Waals surface area contributed by atoms with Crippen LogP contribution in [0, 0.1) is 18.3 Å². The van der Waals surface area contributed by atoms with Crippen LogP contribution < -0.4 is 0 Å². The van der Waals surface area contributed by atoms with Crippen LogP contribution in [-0.2, 0) is 0 Å². The van der Waals surface area contributed by atoms with Crippen molar-refractivity contribution < 1.29 is 0 Å². The van der Waals surface area contributed by atoms with E-state index < -0.39 is 0 Å². The molecule has 1 aliphatic carbocycles. The van der Waals surface area contributed by atoms with Gasteiger partial charge in [0.1, 0.15) is 0 Å². The molecule has 0 saturated heterocycles. The Morgan fingerprint density at radius 3 is 2.71 bits per heavy atom. The van der Waals surface area contributed by atoms with Gasteiger partial charge in [-0.15, -0.1) is 22.9 Å². The van der Waals surface area contributed by atoms with E-state index in [0.29, 0.717) is 11.3 Å². The van der Waals surface area contributed by atoms with E-state index >= 15 is 0 Å². The zero-order valence-corrected chi connectivity index (χ0v) is 13.9. The van der Waals surface area contributed by atoms with E-state index in [2.05, 4.69) is 42.8 Å². The Labute approximate surface area is 122 Å². The lowest BCUT2D eigenvalue weighted by atomic mass is 9.67. The van der Waals surface area contributed by atoms with Crippen molar-refractivity contribution in [2.24, 2.45) is 11.3 Å². The SMILES string of the molecule is Cc1cc(C(Cl)C2CCCCC2(C)C)sc1Br. The van der Waals surface area contributed by atoms with E-state index in [9.17, 15) is 0 Å². The second-order valence-corrected chi connectivity index (χ2v) is 8.72. The van der Waals surface area contributed by atoms with Gasteiger partial charge >= 0.3 is 0 Å². The summed E-state index contributed by atoms with van der Waals surface area (Å²) in [6.07, 6.45) is 5.28. The van der Waals surface area contributed by atoms with Gasteiger partial charge in [-0.05, 0) is 58.7 Å². The van der Waals surface area contributed by atoms with Crippen LogP contribution in [0.4, 0.5) is 0 Å². The maximum atomic E-state index is 6.74. The number of aryl methyl sites for hydroxylation is 1. The molecule has 1 aromatic rings. The van der Waals surface area contributed by atoms with Crippen LogP contribution in [0.15, 0.2) is 9.85 Å². The molecule has 0 nitrogen and oxygen atoms in total. The molecule has 2 unspecified atom stereocenters. The Kier molecular flexibility index (Phi) is 4.27. The van der Waals surface area contributed by atoms with Gasteiger partial charge in [0.2, 0.25) is 0 Å². The highest BCUT2D eigenvalue weighted by molar-refractivity contribution is 9.11. The van der Waals surface area contributed by atoms with E-state index in [1.54, 1.807) is 11.3 Å². The highest BCUT2D eigenvalue weighted by Crippen LogP contribution is 2.51. The summed E-state index contributed by atoms with van der Waals surface area (Å²) in [5.41, 5.74) is 1.69. The molecule has 2 rings (SSSR count). The number of rotatable bonds is 2. The Bertz CT molecular complexity index is 377. The van der Waals surface area contributed by atoms with Crippen molar-refractivity contribution in [3.63, 3.8) is 0 Å². The van der Waals surface area contributed by atoms with Crippen LogP contribution in [0.2, 0.25) is 0 Å². The lowest BCUT2D eigenvalue weighted by Crippen LogP contribution is -2.30. The maximum Gasteiger partial charge on any atom is 0.0731 e. The minimum absolute atomic E-state index is 0.181. The molecule has 1 fully saturated rings. The van der Waals surface area contributed by atoms with Crippen molar-refractivity contribution in [1.82, 2.24) is 0 Å². The minimum Gasteiger partial charge on any atom is -0.131 e. The summed E-state index contributed by atoms with van der Waals surface area (Å²) in [6, 6.07) is 2.25. The Balaban J connectivity index is 2.21. The van der Waals surface area contributed by atoms with Gasteiger partial charge < -0.3 is 0 Å². The normalized spacial score (nSPS) is 25.8. The zero-order valence-electron chi connectivity index (χ0n) is 10.7. The monoisotopic (exact) mass is 334 g/mol. The van der Waals surface area contributed by atoms with Crippen LogP contribution in [0.3, 0.4) is 0 Å². The summed E-state index contributed by atoms with van der Waals surface area (Å²) in [5.74, 6) is 0.614. The summed E-state index contributed by atoms with van der Waals surface area (Å²) in [6.45, 7) is 6.89. The maximum absolute atomic E-state index is 6.74. The number of hydrogen-bond acceptors (Lipinski definition) is 1. The fourth-order valence-corrected chi connectivity index (χ4v) is 5.16. The van der Waals surface area contributed by atoms with E-state index in [4.69, 9.17) is 11.6 Å². The molecule has 0 bridgehead atoms. The Hall–Kier alpha value is 0.470. The Morgan fingerprint density at radius 2 is 2.18 bits per heavy atom. The molecule has 0 radical (unpaired) electrons. The average Bonchev–Trinajstić information content (AvgIpc) is 2.58. The summed E-state index contributed by atoms with van der Waals surface area (Å²) >= 11 is 12.1. The standard InChI is InChI=1S/C14H20BrClS/c1-9-8-11(17-13(9)15)12(16)10-6-4-5-7-14(10,2)3/h8,10,12H,4-7H2,1-3H3. The van der Waals surface area contributed by atoms with Gasteiger partial charge in [-0.25, -0.2) is 0 Å². The second kappa shape index (κ2) is 5.22. The summed E-state index contributed by atoms with van der Waals surface area (Å²) < 4.78 is 1.23. The van der Waals surface area contributed by atoms with Gasteiger partial charge in [-0.1, -0.05) is 26.7 Å². The number of hydrogen-bond donors (Lipinski definition) is 0. The second-order valence-electron chi connectivity index (χ2n) is 5.85. The highest BCUT2D eigenvalue weighted by atomic mass is 79.9. The molecule has 0 spiro atoms. The van der Waals surface area contributed by atoms with Crippen molar-refractivity contribution in [2.75, 3.05) is 0 Å². The molecule has 0 aliphatic heterocycles. The smallest absolute Gasteiger partial charge is 0.0731 e. The first-order valence-corrected chi connectivity index (χ1v) is 8.36. The van der Waals surface area contributed by atoms with Crippen LogP contribution >= 0.6 is 38.9 Å². The molecular formula is C14H20BrClS. The molecule has 3 heteroatoms. The van der Waals surface area contributed by atoms with Crippen LogP contribution in [0.25, 0.3) is 0 Å². The van der Waals surface area contributed by atoms with E-state index in [0.717, 1.165) is 0 Å². The van der Waals surface area contributed by atoms with Crippen molar-refractivity contribution >= 4 is 38.9 Å². The molecule has 96 valence electrons. The molecule has 0 amide bonds. The van der Waals surface area contributed by atoms with Gasteiger partial charge in [0.05, 0.1) is 9.16 Å². The molecule has 1 heterocycles. The summed E-state index contributed by atoms with van der Waals surface area (Å²) in [7, 11) is 0. The van der Waals surface area contributed by atoms with E-state index in [-0.39, 0.29) is 5.38 Å². The van der Waals surface area contributed by atoms with Gasteiger partial charge in [-0.2, -0.15) is 0 Å². The molecule has 1 aliphatic rings. The van der Waals surface area contributed by atoms with E-state index in [1.807, 2.05) is 0 Å². The van der Waals surface area contributed by atoms with Crippen molar-refractivity contribution in [1.29, 1.82) is 0 Å². The highest BCUT2D eigenvalue weighted by Gasteiger charge is 2.37. The number of halogens is 2. The first-order chi connectivity index (χ1) is 7.92. The van der Waals surface area contributed by atoms with Gasteiger partial charge in [0, 0.05) is 4.88 Å². The molecular weight excluding hydrogens is 316 g/mol. The lowest BCUT2D eigenvalue weighted by molar-refractivity contribution is 0.134. The predicted molar refractivity (Wildman–Crippen MR) is 81.1 cm³/mol. The quantitative estimate of drug-likeness (QED) is 0.555. The third-order valence-corrected chi connectivity index (χ3v) is 6.98. The van der Waals surface area contributed by atoms with Gasteiger partial charge in [0.25, 0.3) is 0 Å². The first-order valence-electron chi connectivity index (χ1n) is 6.32. The Morgan fingerprint density at radius 1 is 1.47 bits per heavy atom. The molecule has 2 atom stereocenters. The molecule has 1 saturated carbocycles. The molecule has 1 aromatic heterocycles. The lowest BCUT2D eigenvalue weighted by Gasteiger charge is -2.41. The fraction of sp³-hybridized carbons (Fsp3) is 0.714. The van der Waals surface area contributed by atoms with E-state index in [1.165, 1.54) is 39.9 Å². The third kappa shape index (κ3) is 2.90. The summed E-state index contributed by atoms with van der Waals surface area (Å²) in [4.78, 5) is 1.33. The van der Waals surface area contributed by atoms with Crippen molar-refractivity contribution in [2.45, 2.75) is 51.8 Å². The van der Waals surface area contributed by atoms with Crippen molar-refractivity contribution in [3.8, 4) is 0 Å². The zero-order chi connectivity index (χ0) is 12.6. The summed E-state index contributed by atoms with van der Waals surface area (Å²) in [5, 5.41) is 0.181. The van der Waals surface area contributed by atoms with Crippen LogP contribution in [-0.4, -0.2) is 0 Å².